The number of hydrogen-bond acceptors (Lipinski definition) is 4. The molecule has 3 atom stereocenters. The van der Waals surface area contributed by atoms with Gasteiger partial charge in [0.15, 0.2) is 11.6 Å². The molecule has 0 radical (unpaired) electrons. The van der Waals surface area contributed by atoms with Gasteiger partial charge in [-0.3, -0.25) is 4.79 Å². The minimum absolute atomic E-state index is 0.0968. The largest absolute Gasteiger partial charge is 0.573 e. The highest BCUT2D eigenvalue weighted by Gasteiger charge is 2.55. The van der Waals surface area contributed by atoms with Crippen molar-refractivity contribution in [2.75, 3.05) is 0 Å². The van der Waals surface area contributed by atoms with E-state index in [0.717, 1.165) is 16.4 Å². The zero-order valence-electron chi connectivity index (χ0n) is 12.5. The van der Waals surface area contributed by atoms with Gasteiger partial charge in [0, 0.05) is 12.1 Å². The third kappa shape index (κ3) is 3.06. The molecule has 0 saturated carbocycles. The quantitative estimate of drug-likeness (QED) is 0.807. The Bertz CT molecular complexity index is 810. The zero-order valence-corrected chi connectivity index (χ0v) is 13.3. The molecule has 0 amide bonds. The van der Waals surface area contributed by atoms with Crippen molar-refractivity contribution < 1.29 is 40.6 Å². The number of aliphatic carboxylic acids is 1. The van der Waals surface area contributed by atoms with E-state index in [9.17, 15) is 35.9 Å². The standard InChI is InChI=1S/C14H13F4NO5S/c15-12-10(24-14(16,17)18)2-1-3-11(12)25(22,23)19-7-4-5-9(19)8(6-7)13(20)21/h1-3,7-9H,4-6H2,(H,20,21). The zero-order chi connectivity index (χ0) is 18.6. The van der Waals surface area contributed by atoms with Gasteiger partial charge >= 0.3 is 12.3 Å². The number of rotatable bonds is 4. The van der Waals surface area contributed by atoms with Crippen molar-refractivity contribution in [3.63, 3.8) is 0 Å². The first-order valence-corrected chi connectivity index (χ1v) is 8.77. The van der Waals surface area contributed by atoms with Crippen molar-refractivity contribution in [3.8, 4) is 5.75 Å². The fourth-order valence-corrected chi connectivity index (χ4v) is 5.58. The normalized spacial score (nSPS) is 26.8. The van der Waals surface area contributed by atoms with Crippen molar-refractivity contribution in [2.45, 2.75) is 42.6 Å². The maximum atomic E-state index is 14.3. The molecule has 2 aliphatic heterocycles. The van der Waals surface area contributed by atoms with Gasteiger partial charge in [-0.25, -0.2) is 12.8 Å². The van der Waals surface area contributed by atoms with E-state index in [1.165, 1.54) is 0 Å². The Labute approximate surface area is 140 Å². The first-order chi connectivity index (χ1) is 11.5. The Kier molecular flexibility index (Phi) is 4.18. The van der Waals surface area contributed by atoms with E-state index in [2.05, 4.69) is 4.74 Å². The summed E-state index contributed by atoms with van der Waals surface area (Å²) >= 11 is 0. The van der Waals surface area contributed by atoms with Crippen LogP contribution in [-0.2, 0) is 14.8 Å². The molecule has 2 saturated heterocycles. The molecule has 2 fully saturated rings. The van der Waals surface area contributed by atoms with Crippen LogP contribution in [0.25, 0.3) is 0 Å². The van der Waals surface area contributed by atoms with Gasteiger partial charge in [-0.15, -0.1) is 13.2 Å². The van der Waals surface area contributed by atoms with Crippen molar-refractivity contribution in [2.24, 2.45) is 5.92 Å². The van der Waals surface area contributed by atoms with E-state index >= 15 is 0 Å². The van der Waals surface area contributed by atoms with Gasteiger partial charge < -0.3 is 9.84 Å². The second-order valence-electron chi connectivity index (χ2n) is 5.93. The number of benzene rings is 1. The molecule has 2 aliphatic rings. The molecule has 3 rings (SSSR count). The minimum Gasteiger partial charge on any atom is -0.481 e. The first-order valence-electron chi connectivity index (χ1n) is 7.33. The van der Waals surface area contributed by atoms with E-state index < -0.39 is 56.8 Å². The Morgan fingerprint density at radius 2 is 1.96 bits per heavy atom. The first kappa shape index (κ1) is 17.9. The molecule has 6 nitrogen and oxygen atoms in total. The number of ether oxygens (including phenoxy) is 1. The van der Waals surface area contributed by atoms with E-state index in [1.807, 2.05) is 0 Å². The van der Waals surface area contributed by atoms with Gasteiger partial charge in [0.25, 0.3) is 0 Å². The summed E-state index contributed by atoms with van der Waals surface area (Å²) in [6, 6.07) is 0.993. The highest BCUT2D eigenvalue weighted by molar-refractivity contribution is 7.89. The summed E-state index contributed by atoms with van der Waals surface area (Å²) in [5.41, 5.74) is 0. The van der Waals surface area contributed by atoms with Crippen molar-refractivity contribution >= 4 is 16.0 Å². The number of carboxylic acid groups (broad SMARTS) is 1. The molecule has 0 aromatic heterocycles. The molecule has 1 aromatic rings. The number of carbonyl (C=O) groups is 1. The maximum absolute atomic E-state index is 14.3. The summed E-state index contributed by atoms with van der Waals surface area (Å²) in [6.07, 6.45) is -4.35. The molecule has 1 N–H and O–H groups in total. The molecule has 138 valence electrons. The minimum atomic E-state index is -5.18. The molecule has 1 aromatic carbocycles. The fourth-order valence-electron chi connectivity index (χ4n) is 3.59. The van der Waals surface area contributed by atoms with Crippen LogP contribution in [0.5, 0.6) is 5.75 Å². The van der Waals surface area contributed by atoms with Crippen molar-refractivity contribution in [1.82, 2.24) is 4.31 Å². The van der Waals surface area contributed by atoms with Crippen LogP contribution in [0.2, 0.25) is 0 Å². The van der Waals surface area contributed by atoms with Crippen LogP contribution in [0.1, 0.15) is 19.3 Å². The summed E-state index contributed by atoms with van der Waals surface area (Å²) < 4.78 is 81.2. The predicted octanol–water partition coefficient (Wildman–Crippen LogP) is 2.35. The van der Waals surface area contributed by atoms with E-state index in [0.29, 0.717) is 18.9 Å². The number of fused-ring (bicyclic) bond motifs is 2. The Morgan fingerprint density at radius 3 is 2.52 bits per heavy atom. The highest BCUT2D eigenvalue weighted by Crippen LogP contribution is 2.45. The highest BCUT2D eigenvalue weighted by atomic mass is 32.2. The third-order valence-corrected chi connectivity index (χ3v) is 6.49. The fraction of sp³-hybridized carbons (Fsp3) is 0.500. The average molecular weight is 383 g/mol. The molecular weight excluding hydrogens is 370 g/mol. The van der Waals surface area contributed by atoms with Gasteiger partial charge in [0.1, 0.15) is 4.90 Å². The lowest BCUT2D eigenvalue weighted by atomic mass is 9.89. The molecule has 11 heteroatoms. The van der Waals surface area contributed by atoms with E-state index in [-0.39, 0.29) is 6.42 Å². The number of halogens is 4. The number of sulfonamides is 1. The summed E-state index contributed by atoms with van der Waals surface area (Å²) in [5, 5.41) is 9.18. The van der Waals surface area contributed by atoms with Crippen LogP contribution < -0.4 is 4.74 Å². The van der Waals surface area contributed by atoms with Gasteiger partial charge in [0.05, 0.1) is 5.92 Å². The molecule has 0 aliphatic carbocycles. The number of carboxylic acids is 1. The SMILES string of the molecule is O=C(O)C1CC2CCC1N2S(=O)(=O)c1cccc(OC(F)(F)F)c1F. The lowest BCUT2D eigenvalue weighted by molar-refractivity contribution is -0.275. The van der Waals surface area contributed by atoms with Crippen LogP contribution in [0.15, 0.2) is 23.1 Å². The van der Waals surface area contributed by atoms with Crippen LogP contribution in [0.4, 0.5) is 17.6 Å². The van der Waals surface area contributed by atoms with Crippen molar-refractivity contribution in [1.29, 1.82) is 0 Å². The van der Waals surface area contributed by atoms with Crippen LogP contribution >= 0.6 is 0 Å². The molecule has 3 unspecified atom stereocenters. The molecule has 2 bridgehead atoms. The Morgan fingerprint density at radius 1 is 1.28 bits per heavy atom. The molecule has 0 spiro atoms. The van der Waals surface area contributed by atoms with E-state index in [4.69, 9.17) is 0 Å². The summed E-state index contributed by atoms with van der Waals surface area (Å²) in [7, 11) is -4.50. The third-order valence-electron chi connectivity index (χ3n) is 4.50. The number of nitrogens with zero attached hydrogens (tertiary/aromatic N) is 1. The molecular formula is C14H13F4NO5S. The lowest BCUT2D eigenvalue weighted by Gasteiger charge is -2.23. The topological polar surface area (TPSA) is 83.9 Å². The van der Waals surface area contributed by atoms with Crippen LogP contribution in [-0.4, -0.2) is 42.2 Å². The van der Waals surface area contributed by atoms with E-state index in [1.54, 1.807) is 0 Å². The second kappa shape index (κ2) is 5.84. The molecule has 2 heterocycles. The monoisotopic (exact) mass is 383 g/mol. The Balaban J connectivity index is 1.99. The summed E-state index contributed by atoms with van der Waals surface area (Å²) in [4.78, 5) is 10.3. The predicted molar refractivity (Wildman–Crippen MR) is 74.7 cm³/mol. The van der Waals surface area contributed by atoms with Crippen LogP contribution in [0.3, 0.4) is 0 Å². The van der Waals surface area contributed by atoms with Gasteiger partial charge in [-0.1, -0.05) is 6.07 Å². The average Bonchev–Trinajstić information content (AvgIpc) is 3.06. The summed E-state index contributed by atoms with van der Waals surface area (Å²) in [6.45, 7) is 0. The second-order valence-corrected chi connectivity index (χ2v) is 7.74. The number of hydrogen-bond donors (Lipinski definition) is 1. The van der Waals surface area contributed by atoms with Crippen LogP contribution in [0, 0.1) is 11.7 Å². The number of alkyl halides is 3. The van der Waals surface area contributed by atoms with Gasteiger partial charge in [-0.05, 0) is 31.4 Å². The smallest absolute Gasteiger partial charge is 0.481 e. The summed E-state index contributed by atoms with van der Waals surface area (Å²) in [5.74, 6) is -4.97. The van der Waals surface area contributed by atoms with Gasteiger partial charge in [-0.2, -0.15) is 4.31 Å². The Hall–Kier alpha value is -1.88. The van der Waals surface area contributed by atoms with Crippen molar-refractivity contribution in [3.05, 3.63) is 24.0 Å². The van der Waals surface area contributed by atoms with Gasteiger partial charge in [0.2, 0.25) is 10.0 Å². The lowest BCUT2D eigenvalue weighted by Crippen LogP contribution is -2.38. The molecule has 25 heavy (non-hydrogen) atoms. The maximum Gasteiger partial charge on any atom is 0.573 e.